The number of unbranched alkanes of at least 4 members (excludes halogenated alkanes) is 1. The highest BCUT2D eigenvalue weighted by molar-refractivity contribution is 7.89. The van der Waals surface area contributed by atoms with Gasteiger partial charge in [0, 0.05) is 26.3 Å². The van der Waals surface area contributed by atoms with E-state index in [0.29, 0.717) is 4.90 Å². The van der Waals surface area contributed by atoms with Gasteiger partial charge in [-0.05, 0) is 30.7 Å². The van der Waals surface area contributed by atoms with Crippen molar-refractivity contribution in [2.45, 2.75) is 24.7 Å². The van der Waals surface area contributed by atoms with Crippen LogP contribution in [0.25, 0.3) is 0 Å². The number of hydrogen-bond acceptors (Lipinski definition) is 3. The van der Waals surface area contributed by atoms with Gasteiger partial charge in [0.05, 0.1) is 4.90 Å². The first kappa shape index (κ1) is 14.0. The lowest BCUT2D eigenvalue weighted by molar-refractivity contribution is 0.521. The van der Waals surface area contributed by atoms with Crippen molar-refractivity contribution in [3.63, 3.8) is 0 Å². The van der Waals surface area contributed by atoms with Crippen LogP contribution in [-0.2, 0) is 10.0 Å². The number of rotatable bonds is 6. The molecule has 17 heavy (non-hydrogen) atoms. The van der Waals surface area contributed by atoms with Crippen LogP contribution >= 0.6 is 0 Å². The number of sulfonamides is 1. The van der Waals surface area contributed by atoms with Crippen molar-refractivity contribution < 1.29 is 8.42 Å². The summed E-state index contributed by atoms with van der Waals surface area (Å²) in [5, 5.41) is 3.25. The van der Waals surface area contributed by atoms with E-state index >= 15 is 0 Å². The highest BCUT2D eigenvalue weighted by atomic mass is 32.2. The second-order valence-electron chi connectivity index (χ2n) is 4.09. The average molecular weight is 256 g/mol. The quantitative estimate of drug-likeness (QED) is 0.793. The Morgan fingerprint density at radius 2 is 1.76 bits per heavy atom. The predicted molar refractivity (Wildman–Crippen MR) is 70.7 cm³/mol. The van der Waals surface area contributed by atoms with Crippen molar-refractivity contribution in [2.75, 3.05) is 26.0 Å². The molecule has 0 fully saturated rings. The summed E-state index contributed by atoms with van der Waals surface area (Å²) >= 11 is 0. The minimum absolute atomic E-state index is 0.323. The zero-order valence-corrected chi connectivity index (χ0v) is 11.4. The fourth-order valence-corrected chi connectivity index (χ4v) is 2.27. The Labute approximate surface area is 104 Å². The molecule has 4 nitrogen and oxygen atoms in total. The van der Waals surface area contributed by atoms with E-state index in [2.05, 4.69) is 12.2 Å². The Morgan fingerprint density at radius 3 is 2.24 bits per heavy atom. The molecule has 0 aliphatic heterocycles. The maximum absolute atomic E-state index is 11.8. The summed E-state index contributed by atoms with van der Waals surface area (Å²) in [7, 11) is -0.252. The SMILES string of the molecule is CCCCNc1ccc(S(=O)(=O)N(C)C)cc1. The standard InChI is InChI=1S/C12H20N2O2S/c1-4-5-10-13-11-6-8-12(9-7-11)17(15,16)14(2)3/h6-9,13H,4-5,10H2,1-3H3. The van der Waals surface area contributed by atoms with E-state index < -0.39 is 10.0 Å². The van der Waals surface area contributed by atoms with Crippen LogP contribution < -0.4 is 5.32 Å². The molecule has 0 atom stereocenters. The van der Waals surface area contributed by atoms with Crippen molar-refractivity contribution in [1.29, 1.82) is 0 Å². The first-order chi connectivity index (χ1) is 7.98. The normalized spacial score (nSPS) is 11.8. The Hall–Kier alpha value is -1.07. The molecular formula is C12H20N2O2S. The Bertz CT molecular complexity index is 438. The monoisotopic (exact) mass is 256 g/mol. The van der Waals surface area contributed by atoms with Crippen LogP contribution in [0.2, 0.25) is 0 Å². The maximum Gasteiger partial charge on any atom is 0.242 e. The van der Waals surface area contributed by atoms with E-state index in [-0.39, 0.29) is 0 Å². The lowest BCUT2D eigenvalue weighted by Gasteiger charge is -2.12. The summed E-state index contributed by atoms with van der Waals surface area (Å²) < 4.78 is 24.8. The lowest BCUT2D eigenvalue weighted by Crippen LogP contribution is -2.22. The predicted octanol–water partition coefficient (Wildman–Crippen LogP) is 2.15. The van der Waals surface area contributed by atoms with Crippen LogP contribution in [0.1, 0.15) is 19.8 Å². The summed E-state index contributed by atoms with van der Waals surface area (Å²) in [6.07, 6.45) is 2.25. The molecule has 0 heterocycles. The van der Waals surface area contributed by atoms with Gasteiger partial charge in [-0.2, -0.15) is 0 Å². The summed E-state index contributed by atoms with van der Waals surface area (Å²) in [6.45, 7) is 3.05. The summed E-state index contributed by atoms with van der Waals surface area (Å²) in [4.78, 5) is 0.323. The fourth-order valence-electron chi connectivity index (χ4n) is 1.37. The molecule has 1 aromatic rings. The number of hydrogen-bond donors (Lipinski definition) is 1. The van der Waals surface area contributed by atoms with Gasteiger partial charge in [-0.3, -0.25) is 0 Å². The molecule has 1 rings (SSSR count). The molecule has 0 aliphatic carbocycles. The molecule has 96 valence electrons. The minimum Gasteiger partial charge on any atom is -0.385 e. The van der Waals surface area contributed by atoms with E-state index in [1.165, 1.54) is 18.4 Å². The van der Waals surface area contributed by atoms with E-state index in [1.807, 2.05) is 0 Å². The Morgan fingerprint density at radius 1 is 1.18 bits per heavy atom. The molecule has 0 spiro atoms. The molecule has 0 saturated carbocycles. The minimum atomic E-state index is -3.31. The number of nitrogens with one attached hydrogen (secondary N) is 1. The third-order valence-corrected chi connectivity index (χ3v) is 4.32. The van der Waals surface area contributed by atoms with E-state index in [9.17, 15) is 8.42 Å². The number of anilines is 1. The molecule has 5 heteroatoms. The van der Waals surface area contributed by atoms with E-state index in [1.54, 1.807) is 24.3 Å². The second-order valence-corrected chi connectivity index (χ2v) is 6.24. The largest absolute Gasteiger partial charge is 0.385 e. The molecule has 0 bridgehead atoms. The third-order valence-electron chi connectivity index (χ3n) is 2.49. The number of nitrogens with zero attached hydrogens (tertiary/aromatic N) is 1. The van der Waals surface area contributed by atoms with Gasteiger partial charge in [0.2, 0.25) is 10.0 Å². The van der Waals surface area contributed by atoms with E-state index in [0.717, 1.165) is 25.1 Å². The van der Waals surface area contributed by atoms with Gasteiger partial charge >= 0.3 is 0 Å². The van der Waals surface area contributed by atoms with Crippen LogP contribution in [0.15, 0.2) is 29.2 Å². The topological polar surface area (TPSA) is 49.4 Å². The summed E-state index contributed by atoms with van der Waals surface area (Å²) in [6, 6.07) is 6.85. The molecule has 0 saturated heterocycles. The Kier molecular flexibility index (Phi) is 4.96. The van der Waals surface area contributed by atoms with Crippen LogP contribution in [0.5, 0.6) is 0 Å². The van der Waals surface area contributed by atoms with Crippen LogP contribution in [0.4, 0.5) is 5.69 Å². The fraction of sp³-hybridized carbons (Fsp3) is 0.500. The van der Waals surface area contributed by atoms with Gasteiger partial charge in [-0.15, -0.1) is 0 Å². The highest BCUT2D eigenvalue weighted by Gasteiger charge is 2.16. The van der Waals surface area contributed by atoms with Gasteiger partial charge in [0.25, 0.3) is 0 Å². The molecule has 0 radical (unpaired) electrons. The Balaban J connectivity index is 2.75. The van der Waals surface area contributed by atoms with Crippen molar-refractivity contribution >= 4 is 15.7 Å². The third kappa shape index (κ3) is 3.71. The zero-order valence-electron chi connectivity index (χ0n) is 10.6. The zero-order chi connectivity index (χ0) is 12.9. The summed E-state index contributed by atoms with van der Waals surface area (Å²) in [5.41, 5.74) is 0.955. The van der Waals surface area contributed by atoms with Crippen LogP contribution in [0.3, 0.4) is 0 Å². The number of benzene rings is 1. The molecule has 0 amide bonds. The van der Waals surface area contributed by atoms with Crippen molar-refractivity contribution in [3.05, 3.63) is 24.3 Å². The van der Waals surface area contributed by atoms with Crippen molar-refractivity contribution in [1.82, 2.24) is 4.31 Å². The van der Waals surface area contributed by atoms with Gasteiger partial charge in [-0.1, -0.05) is 13.3 Å². The van der Waals surface area contributed by atoms with Crippen molar-refractivity contribution in [3.8, 4) is 0 Å². The average Bonchev–Trinajstić information content (AvgIpc) is 2.30. The molecule has 1 N–H and O–H groups in total. The van der Waals surface area contributed by atoms with Crippen LogP contribution in [-0.4, -0.2) is 33.4 Å². The first-order valence-corrected chi connectivity index (χ1v) is 7.19. The smallest absolute Gasteiger partial charge is 0.242 e. The maximum atomic E-state index is 11.8. The molecule has 0 unspecified atom stereocenters. The van der Waals surface area contributed by atoms with E-state index in [4.69, 9.17) is 0 Å². The second kappa shape index (κ2) is 6.02. The molecular weight excluding hydrogens is 236 g/mol. The van der Waals surface area contributed by atoms with Crippen LogP contribution in [0, 0.1) is 0 Å². The summed E-state index contributed by atoms with van der Waals surface area (Å²) in [5.74, 6) is 0. The highest BCUT2D eigenvalue weighted by Crippen LogP contribution is 2.16. The molecule has 1 aromatic carbocycles. The lowest BCUT2D eigenvalue weighted by atomic mass is 10.3. The molecule has 0 aromatic heterocycles. The van der Waals surface area contributed by atoms with Crippen molar-refractivity contribution in [2.24, 2.45) is 0 Å². The molecule has 0 aliphatic rings. The first-order valence-electron chi connectivity index (χ1n) is 5.75. The van der Waals surface area contributed by atoms with Gasteiger partial charge in [0.15, 0.2) is 0 Å². The van der Waals surface area contributed by atoms with Gasteiger partial charge in [-0.25, -0.2) is 12.7 Å². The van der Waals surface area contributed by atoms with Gasteiger partial charge in [0.1, 0.15) is 0 Å². The van der Waals surface area contributed by atoms with Gasteiger partial charge < -0.3 is 5.32 Å².